The van der Waals surface area contributed by atoms with E-state index in [0.717, 1.165) is 17.0 Å². The van der Waals surface area contributed by atoms with Crippen molar-refractivity contribution < 1.29 is 4.74 Å². The van der Waals surface area contributed by atoms with Gasteiger partial charge in [-0.05, 0) is 19.1 Å². The number of nitrogens with zero attached hydrogens (tertiary/aromatic N) is 2. The molecule has 2 rings (SSSR count). The molecular formula is C13H12N2O. The monoisotopic (exact) mass is 212 g/mol. The van der Waals surface area contributed by atoms with Gasteiger partial charge < -0.3 is 9.30 Å². The van der Waals surface area contributed by atoms with Crippen LogP contribution in [0.3, 0.4) is 0 Å². The summed E-state index contributed by atoms with van der Waals surface area (Å²) in [5, 5.41) is 8.46. The van der Waals surface area contributed by atoms with Gasteiger partial charge >= 0.3 is 0 Å². The third-order valence-electron chi connectivity index (χ3n) is 2.32. The number of para-hydroxylation sites is 1. The molecule has 3 nitrogen and oxygen atoms in total. The number of ether oxygens (including phenoxy) is 1. The van der Waals surface area contributed by atoms with E-state index in [2.05, 4.69) is 0 Å². The largest absolute Gasteiger partial charge is 0.477 e. The molecule has 0 aliphatic carbocycles. The van der Waals surface area contributed by atoms with E-state index in [9.17, 15) is 0 Å². The molecular weight excluding hydrogens is 200 g/mol. The minimum atomic E-state index is 0.0830. The molecule has 0 radical (unpaired) electrons. The summed E-state index contributed by atoms with van der Waals surface area (Å²) in [7, 11) is 0. The van der Waals surface area contributed by atoms with Crippen molar-refractivity contribution in [1.29, 1.82) is 5.26 Å². The molecule has 0 fully saturated rings. The van der Waals surface area contributed by atoms with Crippen LogP contribution in [-0.2, 0) is 0 Å². The standard InChI is InChI=1S/C13H12N2O/c1-11-9-15(10-13(11)16-8-7-14)12-5-3-2-4-6-12/h2-6,9-10H,8H2,1H3. The molecule has 0 spiro atoms. The highest BCUT2D eigenvalue weighted by molar-refractivity contribution is 5.39. The van der Waals surface area contributed by atoms with Crippen molar-refractivity contribution in [2.24, 2.45) is 0 Å². The first kappa shape index (κ1) is 10.3. The summed E-state index contributed by atoms with van der Waals surface area (Å²) in [6.07, 6.45) is 3.88. The first-order chi connectivity index (χ1) is 7.81. The number of aromatic nitrogens is 1. The lowest BCUT2D eigenvalue weighted by molar-refractivity contribution is 0.366. The van der Waals surface area contributed by atoms with Gasteiger partial charge in [0.2, 0.25) is 0 Å². The maximum absolute atomic E-state index is 8.46. The van der Waals surface area contributed by atoms with E-state index in [1.165, 1.54) is 0 Å². The van der Waals surface area contributed by atoms with Crippen LogP contribution in [0.15, 0.2) is 42.7 Å². The van der Waals surface area contributed by atoms with Gasteiger partial charge in [-0.15, -0.1) is 0 Å². The summed E-state index contributed by atoms with van der Waals surface area (Å²) in [5.74, 6) is 0.755. The lowest BCUT2D eigenvalue weighted by Gasteiger charge is -2.00. The molecule has 0 amide bonds. The van der Waals surface area contributed by atoms with Crippen LogP contribution in [0, 0.1) is 18.3 Å². The quantitative estimate of drug-likeness (QED) is 0.784. The van der Waals surface area contributed by atoms with Gasteiger partial charge in [0.05, 0.1) is 6.20 Å². The Labute approximate surface area is 94.5 Å². The molecule has 1 aromatic carbocycles. The fourth-order valence-electron chi connectivity index (χ4n) is 1.55. The van der Waals surface area contributed by atoms with Crippen molar-refractivity contribution in [3.63, 3.8) is 0 Å². The van der Waals surface area contributed by atoms with E-state index in [4.69, 9.17) is 10.00 Å². The molecule has 1 heterocycles. The third kappa shape index (κ3) is 2.06. The Morgan fingerprint density at radius 3 is 2.69 bits per heavy atom. The fourth-order valence-corrected chi connectivity index (χ4v) is 1.55. The molecule has 0 aliphatic rings. The van der Waals surface area contributed by atoms with Crippen molar-refractivity contribution in [2.45, 2.75) is 6.92 Å². The zero-order valence-electron chi connectivity index (χ0n) is 9.05. The van der Waals surface area contributed by atoms with Crippen LogP contribution in [0.4, 0.5) is 0 Å². The van der Waals surface area contributed by atoms with Gasteiger partial charge in [-0.1, -0.05) is 18.2 Å². The van der Waals surface area contributed by atoms with Gasteiger partial charge in [0.25, 0.3) is 0 Å². The normalized spacial score (nSPS) is 9.75. The lowest BCUT2D eigenvalue weighted by Crippen LogP contribution is -1.93. The highest BCUT2D eigenvalue weighted by Gasteiger charge is 2.04. The van der Waals surface area contributed by atoms with Gasteiger partial charge in [0.1, 0.15) is 11.8 Å². The van der Waals surface area contributed by atoms with Crippen LogP contribution < -0.4 is 4.74 Å². The molecule has 0 bridgehead atoms. The summed E-state index contributed by atoms with van der Waals surface area (Å²) >= 11 is 0. The number of hydrogen-bond acceptors (Lipinski definition) is 2. The second-order valence-corrected chi connectivity index (χ2v) is 3.50. The average molecular weight is 212 g/mol. The van der Waals surface area contributed by atoms with E-state index >= 15 is 0 Å². The molecule has 80 valence electrons. The molecule has 3 heteroatoms. The minimum Gasteiger partial charge on any atom is -0.477 e. The zero-order valence-corrected chi connectivity index (χ0v) is 9.05. The highest BCUT2D eigenvalue weighted by atomic mass is 16.5. The Kier molecular flexibility index (Phi) is 2.93. The van der Waals surface area contributed by atoms with Crippen LogP contribution in [0.2, 0.25) is 0 Å². The fraction of sp³-hybridized carbons (Fsp3) is 0.154. The number of benzene rings is 1. The zero-order chi connectivity index (χ0) is 11.4. The Morgan fingerprint density at radius 2 is 2.00 bits per heavy atom. The summed E-state index contributed by atoms with van der Waals surface area (Å²) in [4.78, 5) is 0. The molecule has 0 aliphatic heterocycles. The van der Waals surface area contributed by atoms with Crippen molar-refractivity contribution in [2.75, 3.05) is 6.61 Å². The summed E-state index contributed by atoms with van der Waals surface area (Å²) < 4.78 is 7.29. The van der Waals surface area contributed by atoms with E-state index in [1.807, 2.05) is 60.3 Å². The molecule has 0 saturated carbocycles. The SMILES string of the molecule is Cc1cn(-c2ccccc2)cc1OCC#N. The Bertz CT molecular complexity index is 508. The molecule has 16 heavy (non-hydrogen) atoms. The molecule has 0 atom stereocenters. The Balaban J connectivity index is 2.28. The van der Waals surface area contributed by atoms with Gasteiger partial charge in [0, 0.05) is 17.4 Å². The maximum atomic E-state index is 8.46. The van der Waals surface area contributed by atoms with Crippen LogP contribution in [0.1, 0.15) is 5.56 Å². The first-order valence-corrected chi connectivity index (χ1v) is 5.05. The maximum Gasteiger partial charge on any atom is 0.174 e. The lowest BCUT2D eigenvalue weighted by atomic mass is 10.3. The second kappa shape index (κ2) is 4.54. The number of aryl methyl sites for hydroxylation is 1. The van der Waals surface area contributed by atoms with E-state index in [0.29, 0.717) is 0 Å². The first-order valence-electron chi connectivity index (χ1n) is 5.05. The molecule has 0 unspecified atom stereocenters. The van der Waals surface area contributed by atoms with Crippen LogP contribution >= 0.6 is 0 Å². The van der Waals surface area contributed by atoms with Crippen molar-refractivity contribution in [3.05, 3.63) is 48.3 Å². The highest BCUT2D eigenvalue weighted by Crippen LogP contribution is 2.21. The van der Waals surface area contributed by atoms with E-state index in [-0.39, 0.29) is 6.61 Å². The third-order valence-corrected chi connectivity index (χ3v) is 2.32. The van der Waals surface area contributed by atoms with E-state index < -0.39 is 0 Å². The van der Waals surface area contributed by atoms with Gasteiger partial charge in [-0.25, -0.2) is 0 Å². The summed E-state index contributed by atoms with van der Waals surface area (Å²) in [6.45, 7) is 2.05. The van der Waals surface area contributed by atoms with Crippen molar-refractivity contribution in [3.8, 4) is 17.5 Å². The predicted molar refractivity (Wildman–Crippen MR) is 61.6 cm³/mol. The van der Waals surface area contributed by atoms with Crippen molar-refractivity contribution >= 4 is 0 Å². The number of nitriles is 1. The number of rotatable bonds is 3. The minimum absolute atomic E-state index is 0.0830. The Hall–Kier alpha value is -2.21. The van der Waals surface area contributed by atoms with Crippen LogP contribution in [-0.4, -0.2) is 11.2 Å². The summed E-state index contributed by atoms with van der Waals surface area (Å²) in [6, 6.07) is 12.0. The average Bonchev–Trinajstić information content (AvgIpc) is 2.69. The molecule has 1 aromatic heterocycles. The number of hydrogen-bond donors (Lipinski definition) is 0. The Morgan fingerprint density at radius 1 is 1.25 bits per heavy atom. The van der Waals surface area contributed by atoms with Crippen LogP contribution in [0.5, 0.6) is 5.75 Å². The van der Waals surface area contributed by atoms with Gasteiger partial charge in [0.15, 0.2) is 6.61 Å². The van der Waals surface area contributed by atoms with Crippen LogP contribution in [0.25, 0.3) is 5.69 Å². The summed E-state index contributed by atoms with van der Waals surface area (Å²) in [5.41, 5.74) is 2.11. The second-order valence-electron chi connectivity index (χ2n) is 3.50. The topological polar surface area (TPSA) is 38.0 Å². The molecule has 2 aromatic rings. The molecule has 0 N–H and O–H groups in total. The smallest absolute Gasteiger partial charge is 0.174 e. The van der Waals surface area contributed by atoms with Gasteiger partial charge in [-0.2, -0.15) is 5.26 Å². The van der Waals surface area contributed by atoms with E-state index in [1.54, 1.807) is 0 Å². The predicted octanol–water partition coefficient (Wildman–Crippen LogP) is 2.69. The van der Waals surface area contributed by atoms with Crippen molar-refractivity contribution in [1.82, 2.24) is 4.57 Å². The van der Waals surface area contributed by atoms with Gasteiger partial charge in [-0.3, -0.25) is 0 Å². The molecule has 0 saturated heterocycles.